The van der Waals surface area contributed by atoms with Crippen molar-refractivity contribution >= 4 is 23.7 Å². The van der Waals surface area contributed by atoms with Crippen molar-refractivity contribution in [3.63, 3.8) is 0 Å². The summed E-state index contributed by atoms with van der Waals surface area (Å²) in [5.41, 5.74) is 0. The fraction of sp³-hybridized carbons (Fsp3) is 0.667. The van der Waals surface area contributed by atoms with Crippen LogP contribution < -0.4 is 0 Å². The summed E-state index contributed by atoms with van der Waals surface area (Å²) < 4.78 is 9.40. The molecule has 0 saturated carbocycles. The smallest absolute Gasteiger partial charge is 0.389 e. The van der Waals surface area contributed by atoms with Gasteiger partial charge in [0.25, 0.3) is 0 Å². The second kappa shape index (κ2) is 3.32. The van der Waals surface area contributed by atoms with E-state index < -0.39 is 17.1 Å². The molecule has 1 rings (SSSR count). The molecular weight excluding hydrogens is 184 g/mol. The first-order valence-electron chi connectivity index (χ1n) is 3.28. The Hall–Kier alpha value is -0.750. The molecule has 0 aromatic heterocycles. The second-order valence-electron chi connectivity index (χ2n) is 2.15. The monoisotopic (exact) mass is 192 g/mol. The van der Waals surface area contributed by atoms with Crippen molar-refractivity contribution in [2.45, 2.75) is 12.0 Å². The Balaban J connectivity index is 2.72. The van der Waals surface area contributed by atoms with E-state index in [1.54, 1.807) is 0 Å². The molecule has 1 N–H and O–H groups in total. The topological polar surface area (TPSA) is 72.8 Å². The first-order valence-corrected chi connectivity index (χ1v) is 4.26. The summed E-state index contributed by atoms with van der Waals surface area (Å²) in [7, 11) is 0. The Morgan fingerprint density at radius 2 is 2.33 bits per heavy atom. The first-order chi connectivity index (χ1) is 5.57. The van der Waals surface area contributed by atoms with Crippen LogP contribution in [-0.4, -0.2) is 34.5 Å². The predicted octanol–water partition coefficient (Wildman–Crippen LogP) is 0.0513. The van der Waals surface area contributed by atoms with E-state index in [2.05, 4.69) is 4.74 Å². The highest BCUT2D eigenvalue weighted by atomic mass is 32.2. The molecule has 1 atom stereocenters. The van der Waals surface area contributed by atoms with Crippen molar-refractivity contribution < 1.29 is 24.2 Å². The van der Waals surface area contributed by atoms with Crippen LogP contribution in [0.25, 0.3) is 0 Å². The number of carboxylic acid groups (broad SMARTS) is 1. The van der Waals surface area contributed by atoms with E-state index in [1.807, 2.05) is 0 Å². The van der Waals surface area contributed by atoms with Gasteiger partial charge < -0.3 is 14.6 Å². The molecule has 68 valence electrons. The van der Waals surface area contributed by atoms with E-state index in [4.69, 9.17) is 9.84 Å². The SMILES string of the molecule is CC(=O)O[C@@]1(C(=O)O)OCCS1. The predicted molar refractivity (Wildman–Crippen MR) is 40.5 cm³/mol. The third kappa shape index (κ3) is 1.70. The summed E-state index contributed by atoms with van der Waals surface area (Å²) >= 11 is 0.961. The maximum atomic E-state index is 10.6. The van der Waals surface area contributed by atoms with Crippen molar-refractivity contribution in [3.8, 4) is 0 Å². The molecule has 6 heteroatoms. The minimum absolute atomic E-state index is 0.282. The number of thioether (sulfide) groups is 1. The molecule has 0 aromatic carbocycles. The third-order valence-electron chi connectivity index (χ3n) is 1.21. The Kier molecular flexibility index (Phi) is 2.58. The Labute approximate surface area is 73.0 Å². The molecule has 1 saturated heterocycles. The Morgan fingerprint density at radius 3 is 2.67 bits per heavy atom. The van der Waals surface area contributed by atoms with E-state index >= 15 is 0 Å². The molecule has 0 aromatic rings. The number of hydrogen-bond acceptors (Lipinski definition) is 5. The maximum Gasteiger partial charge on any atom is 0.389 e. The van der Waals surface area contributed by atoms with Crippen LogP contribution in [0.4, 0.5) is 0 Å². The number of hydrogen-bond donors (Lipinski definition) is 1. The Bertz CT molecular complexity index is 208. The van der Waals surface area contributed by atoms with Gasteiger partial charge in [-0.15, -0.1) is 0 Å². The zero-order chi connectivity index (χ0) is 9.19. The van der Waals surface area contributed by atoms with Crippen LogP contribution in [0.1, 0.15) is 6.92 Å². The standard InChI is InChI=1S/C6H8O5S/c1-4(7)11-6(5(8)9)10-2-3-12-6/h2-3H2,1H3,(H,8,9)/t6-/m1/s1. The second-order valence-corrected chi connectivity index (χ2v) is 3.39. The number of rotatable bonds is 2. The van der Waals surface area contributed by atoms with Crippen molar-refractivity contribution in [1.82, 2.24) is 0 Å². The molecule has 1 aliphatic rings. The van der Waals surface area contributed by atoms with Gasteiger partial charge in [0.15, 0.2) is 0 Å². The lowest BCUT2D eigenvalue weighted by Crippen LogP contribution is -2.39. The van der Waals surface area contributed by atoms with Gasteiger partial charge in [-0.3, -0.25) is 4.79 Å². The van der Waals surface area contributed by atoms with Crippen LogP contribution in [0, 0.1) is 0 Å². The minimum Gasteiger partial charge on any atom is -0.476 e. The summed E-state index contributed by atoms with van der Waals surface area (Å²) in [6.45, 7) is 1.43. The molecular formula is C6H8O5S. The van der Waals surface area contributed by atoms with Gasteiger partial charge in [0.1, 0.15) is 0 Å². The van der Waals surface area contributed by atoms with Crippen LogP contribution >= 0.6 is 11.8 Å². The molecule has 1 aliphatic heterocycles. The van der Waals surface area contributed by atoms with E-state index in [0.29, 0.717) is 5.75 Å². The van der Waals surface area contributed by atoms with Gasteiger partial charge in [0.2, 0.25) is 0 Å². The summed E-state index contributed by atoms with van der Waals surface area (Å²) in [6.07, 6.45) is 0. The number of ether oxygens (including phenoxy) is 2. The van der Waals surface area contributed by atoms with E-state index in [9.17, 15) is 9.59 Å². The van der Waals surface area contributed by atoms with E-state index in [1.165, 1.54) is 0 Å². The zero-order valence-corrected chi connectivity index (χ0v) is 7.22. The van der Waals surface area contributed by atoms with Crippen molar-refractivity contribution in [3.05, 3.63) is 0 Å². The molecule has 1 heterocycles. The fourth-order valence-corrected chi connectivity index (χ4v) is 1.71. The lowest BCUT2D eigenvalue weighted by atomic mass is 10.6. The number of carboxylic acids is 1. The van der Waals surface area contributed by atoms with Crippen LogP contribution in [-0.2, 0) is 19.1 Å². The largest absolute Gasteiger partial charge is 0.476 e. The minimum atomic E-state index is -1.80. The summed E-state index contributed by atoms with van der Waals surface area (Å²) in [5, 5.41) is 6.89. The molecule has 0 amide bonds. The molecule has 0 aliphatic carbocycles. The normalized spacial score (nSPS) is 28.4. The van der Waals surface area contributed by atoms with E-state index in [-0.39, 0.29) is 6.61 Å². The number of aliphatic carboxylic acids is 1. The third-order valence-corrected chi connectivity index (χ3v) is 2.33. The molecule has 5 nitrogen and oxygen atoms in total. The molecule has 0 radical (unpaired) electrons. The molecule has 0 bridgehead atoms. The summed E-state index contributed by atoms with van der Waals surface area (Å²) in [6, 6.07) is 0. The first kappa shape index (κ1) is 9.34. The maximum absolute atomic E-state index is 10.6. The molecule has 0 spiro atoms. The van der Waals surface area contributed by atoms with Crippen LogP contribution in [0.3, 0.4) is 0 Å². The van der Waals surface area contributed by atoms with Gasteiger partial charge in [0.05, 0.1) is 6.61 Å². The summed E-state index contributed by atoms with van der Waals surface area (Å²) in [4.78, 5) is 21.2. The van der Waals surface area contributed by atoms with Crippen molar-refractivity contribution in [1.29, 1.82) is 0 Å². The van der Waals surface area contributed by atoms with Gasteiger partial charge in [-0.25, -0.2) is 4.79 Å². The summed E-state index contributed by atoms with van der Waals surface area (Å²) in [5.74, 6) is -1.42. The van der Waals surface area contributed by atoms with Crippen LogP contribution in [0.5, 0.6) is 0 Å². The lowest BCUT2D eigenvalue weighted by Gasteiger charge is -2.20. The van der Waals surface area contributed by atoms with Gasteiger partial charge in [-0.2, -0.15) is 0 Å². The van der Waals surface area contributed by atoms with Crippen LogP contribution in [0.15, 0.2) is 0 Å². The van der Waals surface area contributed by atoms with Gasteiger partial charge in [-0.05, 0) is 0 Å². The average Bonchev–Trinajstić information content (AvgIpc) is 2.35. The fourth-order valence-electron chi connectivity index (χ4n) is 0.809. The number of esters is 1. The van der Waals surface area contributed by atoms with E-state index in [0.717, 1.165) is 18.7 Å². The van der Waals surface area contributed by atoms with Crippen molar-refractivity contribution in [2.24, 2.45) is 0 Å². The quantitative estimate of drug-likeness (QED) is 0.623. The highest BCUT2D eigenvalue weighted by Crippen LogP contribution is 2.34. The number of carbonyl (C=O) groups is 2. The van der Waals surface area contributed by atoms with Gasteiger partial charge in [0, 0.05) is 12.7 Å². The highest BCUT2D eigenvalue weighted by molar-refractivity contribution is 8.01. The zero-order valence-electron chi connectivity index (χ0n) is 6.40. The van der Waals surface area contributed by atoms with Crippen molar-refractivity contribution in [2.75, 3.05) is 12.4 Å². The molecule has 1 fully saturated rings. The lowest BCUT2D eigenvalue weighted by molar-refractivity contribution is -0.202. The van der Waals surface area contributed by atoms with Gasteiger partial charge >= 0.3 is 17.1 Å². The highest BCUT2D eigenvalue weighted by Gasteiger charge is 2.48. The molecule has 12 heavy (non-hydrogen) atoms. The average molecular weight is 192 g/mol. The molecule has 0 unspecified atom stereocenters. The van der Waals surface area contributed by atoms with Gasteiger partial charge in [-0.1, -0.05) is 11.8 Å². The Morgan fingerprint density at radius 1 is 1.67 bits per heavy atom. The van der Waals surface area contributed by atoms with Crippen LogP contribution in [0.2, 0.25) is 0 Å². The number of carbonyl (C=O) groups excluding carboxylic acids is 1.